The van der Waals surface area contributed by atoms with Crippen LogP contribution in [0.15, 0.2) is 48.5 Å². The number of pyridine rings is 1. The summed E-state index contributed by atoms with van der Waals surface area (Å²) in [4.78, 5) is 12.2. The molecule has 3 aliphatic rings. The van der Waals surface area contributed by atoms with Gasteiger partial charge in [-0.3, -0.25) is 4.90 Å². The molecule has 2 atom stereocenters. The molecular weight excluding hydrogens is 531 g/mol. The Morgan fingerprint density at radius 3 is 2.65 bits per heavy atom. The highest BCUT2D eigenvalue weighted by atomic mass is 35.5. The zero-order valence-electron chi connectivity index (χ0n) is 22.5. The lowest BCUT2D eigenvalue weighted by Crippen LogP contribution is -2.35. The van der Waals surface area contributed by atoms with E-state index < -0.39 is 6.10 Å². The number of hydrogen-bond acceptors (Lipinski definition) is 6. The summed E-state index contributed by atoms with van der Waals surface area (Å²) in [6.45, 7) is 6.57. The summed E-state index contributed by atoms with van der Waals surface area (Å²) in [7, 11) is 0. The number of aryl methyl sites for hydroxylation is 1. The quantitative estimate of drug-likeness (QED) is 0.278. The lowest BCUT2D eigenvalue weighted by molar-refractivity contribution is -0.0593. The van der Waals surface area contributed by atoms with E-state index in [-0.39, 0.29) is 18.5 Å². The fraction of sp³-hybridized carbons (Fsp3) is 0.419. The number of hydrogen-bond donors (Lipinski definition) is 0. The number of para-hydroxylation sites is 1. The number of aromatic nitrogens is 3. The summed E-state index contributed by atoms with van der Waals surface area (Å²) in [6, 6.07) is 14.8. The molecule has 2 unspecified atom stereocenters. The first-order valence-electron chi connectivity index (χ1n) is 14.1. The second kappa shape index (κ2) is 10.7. The van der Waals surface area contributed by atoms with E-state index in [1.807, 2.05) is 25.1 Å². The van der Waals surface area contributed by atoms with E-state index in [0.29, 0.717) is 16.5 Å². The van der Waals surface area contributed by atoms with Gasteiger partial charge in [-0.05, 0) is 75.5 Å². The number of ether oxygens (including phenoxy) is 3. The first-order chi connectivity index (χ1) is 19.5. The maximum absolute atomic E-state index is 14.7. The van der Waals surface area contributed by atoms with Crippen LogP contribution >= 0.6 is 11.6 Å². The average molecular weight is 563 g/mol. The van der Waals surface area contributed by atoms with Gasteiger partial charge in [-0.1, -0.05) is 29.8 Å². The third kappa shape index (κ3) is 4.93. The maximum atomic E-state index is 14.7. The minimum atomic E-state index is -0.518. The van der Waals surface area contributed by atoms with Crippen LogP contribution in [0.3, 0.4) is 0 Å². The normalized spacial score (nSPS) is 21.5. The molecule has 2 aromatic heterocycles. The predicted molar refractivity (Wildman–Crippen MR) is 151 cm³/mol. The molecule has 40 heavy (non-hydrogen) atoms. The number of likely N-dealkylation sites (tertiary alicyclic amines) is 1. The van der Waals surface area contributed by atoms with Gasteiger partial charge in [-0.2, -0.15) is 0 Å². The van der Waals surface area contributed by atoms with Crippen molar-refractivity contribution in [3.63, 3.8) is 0 Å². The van der Waals surface area contributed by atoms with Crippen LogP contribution in [-0.2, 0) is 17.8 Å². The number of benzene rings is 2. The lowest BCUT2D eigenvalue weighted by atomic mass is 9.88. The van der Waals surface area contributed by atoms with Gasteiger partial charge >= 0.3 is 0 Å². The van der Waals surface area contributed by atoms with Crippen LogP contribution in [0.4, 0.5) is 4.39 Å². The largest absolute Gasteiger partial charge is 0.485 e. The Morgan fingerprint density at radius 2 is 1.88 bits per heavy atom. The molecule has 0 spiro atoms. The standard InChI is InChI=1S/C31H32ClFN4O3/c1-19-5-8-26-31(34-19)37(16-22-11-14-38-22)29(35-26)17-36-12-9-20(10-13-36)23-3-2-4-27-30(23)40-28(18-39-27)24-7-6-21(32)15-25(24)33/h2-8,15,20,22,28H,9-14,16-18H2,1H3. The van der Waals surface area contributed by atoms with E-state index in [2.05, 4.69) is 21.6 Å². The molecule has 0 N–H and O–H groups in total. The molecule has 9 heteroatoms. The average Bonchev–Trinajstić information content (AvgIpc) is 3.26. The summed E-state index contributed by atoms with van der Waals surface area (Å²) >= 11 is 5.96. The number of halogens is 2. The van der Waals surface area contributed by atoms with Gasteiger partial charge in [0.05, 0.1) is 19.2 Å². The highest BCUT2D eigenvalue weighted by molar-refractivity contribution is 6.30. The molecule has 0 saturated carbocycles. The van der Waals surface area contributed by atoms with Gasteiger partial charge in [0.2, 0.25) is 0 Å². The van der Waals surface area contributed by atoms with Gasteiger partial charge in [-0.15, -0.1) is 0 Å². The van der Waals surface area contributed by atoms with Crippen molar-refractivity contribution in [1.82, 2.24) is 19.4 Å². The first-order valence-corrected chi connectivity index (χ1v) is 14.4. The molecule has 208 valence electrons. The van der Waals surface area contributed by atoms with Crippen LogP contribution in [0.25, 0.3) is 11.2 Å². The molecule has 2 saturated heterocycles. The minimum Gasteiger partial charge on any atom is -0.485 e. The molecule has 5 heterocycles. The number of nitrogens with zero attached hydrogens (tertiary/aromatic N) is 4. The Bertz CT molecular complexity index is 1550. The van der Waals surface area contributed by atoms with Crippen molar-refractivity contribution in [2.75, 3.05) is 26.3 Å². The Kier molecular flexibility index (Phi) is 6.86. The smallest absolute Gasteiger partial charge is 0.165 e. The molecular formula is C31H32ClFN4O3. The van der Waals surface area contributed by atoms with Crippen LogP contribution in [0.2, 0.25) is 5.02 Å². The second-order valence-electron chi connectivity index (χ2n) is 11.0. The van der Waals surface area contributed by atoms with Crippen LogP contribution in [0.1, 0.15) is 53.9 Å². The van der Waals surface area contributed by atoms with Crippen molar-refractivity contribution in [2.45, 2.75) is 57.4 Å². The monoisotopic (exact) mass is 562 g/mol. The summed E-state index contributed by atoms with van der Waals surface area (Å²) in [5, 5.41) is 0.365. The SMILES string of the molecule is Cc1ccc2nc(CN3CCC(c4cccc5c4OC(c4ccc(Cl)cc4F)CO5)CC3)n(CC3CCO3)c2n1. The van der Waals surface area contributed by atoms with Crippen molar-refractivity contribution < 1.29 is 18.6 Å². The number of fused-ring (bicyclic) bond motifs is 2. The van der Waals surface area contributed by atoms with Crippen LogP contribution in [0.5, 0.6) is 11.5 Å². The molecule has 0 bridgehead atoms. The van der Waals surface area contributed by atoms with Gasteiger partial charge < -0.3 is 18.8 Å². The Hall–Kier alpha value is -3.20. The van der Waals surface area contributed by atoms with E-state index in [9.17, 15) is 4.39 Å². The Morgan fingerprint density at radius 1 is 1.02 bits per heavy atom. The zero-order chi connectivity index (χ0) is 27.2. The molecule has 0 aliphatic carbocycles. The van der Waals surface area contributed by atoms with Crippen LogP contribution < -0.4 is 9.47 Å². The molecule has 0 radical (unpaired) electrons. The summed E-state index contributed by atoms with van der Waals surface area (Å²) in [5.41, 5.74) is 4.47. The minimum absolute atomic E-state index is 0.237. The van der Waals surface area contributed by atoms with Crippen molar-refractivity contribution in [2.24, 2.45) is 0 Å². The van der Waals surface area contributed by atoms with Crippen molar-refractivity contribution in [3.05, 3.63) is 82.0 Å². The number of piperidine rings is 1. The Balaban J connectivity index is 1.07. The van der Waals surface area contributed by atoms with Crippen LogP contribution in [-0.4, -0.2) is 51.8 Å². The molecule has 2 fully saturated rings. The van der Waals surface area contributed by atoms with Gasteiger partial charge in [0.15, 0.2) is 23.3 Å². The number of rotatable bonds is 6. The van der Waals surface area contributed by atoms with Gasteiger partial charge in [0.25, 0.3) is 0 Å². The molecule has 3 aliphatic heterocycles. The van der Waals surface area contributed by atoms with Gasteiger partial charge in [0.1, 0.15) is 23.8 Å². The molecule has 0 amide bonds. The van der Waals surface area contributed by atoms with Crippen LogP contribution in [0, 0.1) is 12.7 Å². The van der Waals surface area contributed by atoms with E-state index in [0.717, 1.165) is 91.8 Å². The zero-order valence-corrected chi connectivity index (χ0v) is 23.2. The van der Waals surface area contributed by atoms with E-state index in [1.54, 1.807) is 12.1 Å². The third-order valence-electron chi connectivity index (χ3n) is 8.35. The fourth-order valence-corrected chi connectivity index (χ4v) is 6.20. The van der Waals surface area contributed by atoms with Crippen molar-refractivity contribution >= 4 is 22.8 Å². The molecule has 4 aromatic rings. The molecule has 2 aromatic carbocycles. The fourth-order valence-electron chi connectivity index (χ4n) is 6.04. The Labute approximate surface area is 237 Å². The summed E-state index contributed by atoms with van der Waals surface area (Å²) in [5.74, 6) is 2.45. The van der Waals surface area contributed by atoms with E-state index in [1.165, 1.54) is 6.07 Å². The topological polar surface area (TPSA) is 61.6 Å². The van der Waals surface area contributed by atoms with E-state index in [4.69, 9.17) is 35.8 Å². The van der Waals surface area contributed by atoms with Gasteiger partial charge in [0, 0.05) is 28.5 Å². The van der Waals surface area contributed by atoms with E-state index >= 15 is 0 Å². The van der Waals surface area contributed by atoms with Gasteiger partial charge in [-0.25, -0.2) is 14.4 Å². The molecule has 7 nitrogen and oxygen atoms in total. The number of imidazole rings is 1. The summed E-state index contributed by atoms with van der Waals surface area (Å²) < 4.78 is 35.1. The summed E-state index contributed by atoms with van der Waals surface area (Å²) in [6.07, 6.45) is 2.78. The maximum Gasteiger partial charge on any atom is 0.165 e. The van der Waals surface area contributed by atoms with Crippen molar-refractivity contribution in [1.29, 1.82) is 0 Å². The predicted octanol–water partition coefficient (Wildman–Crippen LogP) is 6.21. The first kappa shape index (κ1) is 25.7. The third-order valence-corrected chi connectivity index (χ3v) is 8.59. The second-order valence-corrected chi connectivity index (χ2v) is 11.5. The van der Waals surface area contributed by atoms with Crippen molar-refractivity contribution in [3.8, 4) is 11.5 Å². The highest BCUT2D eigenvalue weighted by Gasteiger charge is 2.31. The lowest BCUT2D eigenvalue weighted by Gasteiger charge is -2.35. The molecule has 7 rings (SSSR count). The highest BCUT2D eigenvalue weighted by Crippen LogP contribution is 2.45.